The molecule has 0 fully saturated rings. The maximum Gasteiger partial charge on any atom is 0.151 e. The van der Waals surface area contributed by atoms with Gasteiger partial charge in [-0.2, -0.15) is 5.11 Å². The van der Waals surface area contributed by atoms with Gasteiger partial charge in [-0.05, 0) is 6.07 Å². The van der Waals surface area contributed by atoms with Crippen LogP contribution in [0.2, 0.25) is 5.02 Å². The lowest BCUT2D eigenvalue weighted by Gasteiger charge is -1.95. The number of halogens is 1. The molecule has 1 rings (SSSR count). The Labute approximate surface area is 62.5 Å². The van der Waals surface area contributed by atoms with Crippen LogP contribution in [0.25, 0.3) is 0 Å². The van der Waals surface area contributed by atoms with E-state index in [1.54, 1.807) is 0 Å². The smallest absolute Gasteiger partial charge is 0.151 e. The number of nitrogen functional groups attached to an aromatic ring is 1. The van der Waals surface area contributed by atoms with Gasteiger partial charge in [0.05, 0.1) is 5.02 Å². The van der Waals surface area contributed by atoms with E-state index < -0.39 is 0 Å². The van der Waals surface area contributed by atoms with E-state index in [2.05, 4.69) is 10.1 Å². The highest BCUT2D eigenvalue weighted by Crippen LogP contribution is 2.22. The zero-order valence-corrected chi connectivity index (χ0v) is 5.76. The Morgan fingerprint density at radius 2 is 2.40 bits per heavy atom. The van der Waals surface area contributed by atoms with Crippen molar-refractivity contribution in [2.24, 2.45) is 5.11 Å². The van der Waals surface area contributed by atoms with Crippen molar-refractivity contribution >= 4 is 23.1 Å². The number of anilines is 1. The molecule has 52 valence electrons. The zero-order valence-electron chi connectivity index (χ0n) is 5.00. The average Bonchev–Trinajstić information content (AvgIpc) is 1.94. The summed E-state index contributed by atoms with van der Waals surface area (Å²) in [4.78, 5) is 3.68. The number of aromatic nitrogens is 1. The molecule has 0 radical (unpaired) electrons. The first-order chi connectivity index (χ1) is 4.74. The minimum atomic E-state index is 0.222. The first-order valence-electron chi connectivity index (χ1n) is 2.52. The molecule has 0 spiro atoms. The molecule has 1 aromatic rings. The topological polar surface area (TPSA) is 75.1 Å². The molecule has 0 saturated carbocycles. The summed E-state index contributed by atoms with van der Waals surface area (Å²) >= 11 is 5.53. The first-order valence-corrected chi connectivity index (χ1v) is 2.90. The fourth-order valence-corrected chi connectivity index (χ4v) is 0.681. The van der Waals surface area contributed by atoms with Gasteiger partial charge in [-0.15, -0.1) is 0 Å². The third-order valence-corrected chi connectivity index (χ3v) is 1.19. The molecule has 0 saturated heterocycles. The summed E-state index contributed by atoms with van der Waals surface area (Å²) in [5.41, 5.74) is 12.2. The molecule has 10 heavy (non-hydrogen) atoms. The summed E-state index contributed by atoms with van der Waals surface area (Å²) in [6, 6.07) is 1.48. The third kappa shape index (κ3) is 1.22. The maximum atomic E-state index is 6.63. The van der Waals surface area contributed by atoms with Crippen LogP contribution in [0.15, 0.2) is 17.4 Å². The molecule has 3 N–H and O–H groups in total. The van der Waals surface area contributed by atoms with Crippen molar-refractivity contribution in [3.8, 4) is 0 Å². The van der Waals surface area contributed by atoms with E-state index in [0.717, 1.165) is 0 Å². The second kappa shape index (κ2) is 2.62. The number of pyridine rings is 1. The highest BCUT2D eigenvalue weighted by Gasteiger charge is 1.97. The van der Waals surface area contributed by atoms with Gasteiger partial charge in [-0.25, -0.2) is 10.5 Å². The third-order valence-electron chi connectivity index (χ3n) is 0.984. The molecule has 0 aromatic carbocycles. The number of hydrogen-bond donors (Lipinski definition) is 2. The molecule has 0 aliphatic rings. The second-order valence-corrected chi connectivity index (χ2v) is 2.11. The van der Waals surface area contributed by atoms with E-state index in [0.29, 0.717) is 10.7 Å². The van der Waals surface area contributed by atoms with Gasteiger partial charge in [-0.1, -0.05) is 11.6 Å². The van der Waals surface area contributed by atoms with Crippen molar-refractivity contribution < 1.29 is 0 Å². The molecule has 1 aromatic heterocycles. The zero-order chi connectivity index (χ0) is 7.56. The Balaban J connectivity index is 3.21. The summed E-state index contributed by atoms with van der Waals surface area (Å²) < 4.78 is 0. The quantitative estimate of drug-likeness (QED) is 0.610. The van der Waals surface area contributed by atoms with Crippen LogP contribution < -0.4 is 5.73 Å². The molecule has 4 nitrogen and oxygen atoms in total. The number of rotatable bonds is 1. The standard InChI is InChI=1S/C5H5ClN4/c6-3-1-4(10-8)5(7)9-2-3/h1-2,8H,(H2,7,9). The van der Waals surface area contributed by atoms with Gasteiger partial charge in [0, 0.05) is 6.20 Å². The average molecular weight is 157 g/mol. The predicted molar refractivity (Wildman–Crippen MR) is 38.5 cm³/mol. The minimum Gasteiger partial charge on any atom is -0.382 e. The predicted octanol–water partition coefficient (Wildman–Crippen LogP) is 1.98. The normalized spacial score (nSPS) is 9.30. The van der Waals surface area contributed by atoms with Crippen molar-refractivity contribution in [2.45, 2.75) is 0 Å². The monoisotopic (exact) mass is 156 g/mol. The molecular weight excluding hydrogens is 152 g/mol. The van der Waals surface area contributed by atoms with Crippen molar-refractivity contribution in [1.29, 1.82) is 5.53 Å². The van der Waals surface area contributed by atoms with Crippen LogP contribution in [0.1, 0.15) is 0 Å². The van der Waals surface area contributed by atoms with Gasteiger partial charge >= 0.3 is 0 Å². The van der Waals surface area contributed by atoms with Gasteiger partial charge < -0.3 is 5.73 Å². The van der Waals surface area contributed by atoms with Crippen LogP contribution in [0.3, 0.4) is 0 Å². The van der Waals surface area contributed by atoms with Gasteiger partial charge in [0.1, 0.15) is 5.69 Å². The summed E-state index contributed by atoms with van der Waals surface area (Å²) in [5.74, 6) is 0.222. The van der Waals surface area contributed by atoms with E-state index in [-0.39, 0.29) is 5.82 Å². The van der Waals surface area contributed by atoms with E-state index in [1.165, 1.54) is 12.3 Å². The van der Waals surface area contributed by atoms with E-state index in [1.807, 2.05) is 0 Å². The minimum absolute atomic E-state index is 0.222. The lowest BCUT2D eigenvalue weighted by molar-refractivity contribution is 1.13. The fraction of sp³-hybridized carbons (Fsp3) is 0. The molecule has 0 amide bonds. The number of nitrogens with zero attached hydrogens (tertiary/aromatic N) is 2. The largest absolute Gasteiger partial charge is 0.382 e. The van der Waals surface area contributed by atoms with Crippen LogP contribution in [-0.4, -0.2) is 4.98 Å². The summed E-state index contributed by atoms with van der Waals surface area (Å²) in [6.07, 6.45) is 1.41. The maximum absolute atomic E-state index is 6.63. The molecule has 0 aliphatic heterocycles. The Hall–Kier alpha value is -1.16. The Morgan fingerprint density at radius 1 is 1.70 bits per heavy atom. The van der Waals surface area contributed by atoms with Crippen LogP contribution >= 0.6 is 11.6 Å². The number of nitrogens with one attached hydrogen (secondary N) is 1. The molecule has 0 bridgehead atoms. The number of hydrogen-bond acceptors (Lipinski definition) is 4. The van der Waals surface area contributed by atoms with Gasteiger partial charge in [0.15, 0.2) is 5.82 Å². The summed E-state index contributed by atoms with van der Waals surface area (Å²) in [7, 11) is 0. The molecule has 0 atom stereocenters. The molecule has 1 heterocycles. The van der Waals surface area contributed by atoms with Crippen LogP contribution in [0.5, 0.6) is 0 Å². The van der Waals surface area contributed by atoms with E-state index >= 15 is 0 Å². The first kappa shape index (κ1) is 6.95. The van der Waals surface area contributed by atoms with Crippen LogP contribution in [0, 0.1) is 5.53 Å². The molecule has 5 heteroatoms. The van der Waals surface area contributed by atoms with Gasteiger partial charge in [0.2, 0.25) is 0 Å². The lowest BCUT2D eigenvalue weighted by Crippen LogP contribution is -1.88. The second-order valence-electron chi connectivity index (χ2n) is 1.67. The van der Waals surface area contributed by atoms with E-state index in [9.17, 15) is 0 Å². The Bertz CT molecular complexity index is 260. The Morgan fingerprint density at radius 3 is 2.90 bits per heavy atom. The van der Waals surface area contributed by atoms with Crippen LogP contribution in [-0.2, 0) is 0 Å². The van der Waals surface area contributed by atoms with Crippen molar-refractivity contribution in [1.82, 2.24) is 4.98 Å². The van der Waals surface area contributed by atoms with Crippen molar-refractivity contribution in [3.05, 3.63) is 17.3 Å². The van der Waals surface area contributed by atoms with Crippen molar-refractivity contribution in [3.63, 3.8) is 0 Å². The van der Waals surface area contributed by atoms with Gasteiger partial charge in [-0.3, -0.25) is 0 Å². The highest BCUT2D eigenvalue weighted by molar-refractivity contribution is 6.30. The molecule has 0 aliphatic carbocycles. The lowest BCUT2D eigenvalue weighted by atomic mass is 10.4. The summed E-state index contributed by atoms with van der Waals surface area (Å²) in [5, 5.41) is 3.54. The van der Waals surface area contributed by atoms with Gasteiger partial charge in [0.25, 0.3) is 0 Å². The Kier molecular flexibility index (Phi) is 1.82. The van der Waals surface area contributed by atoms with Crippen LogP contribution in [0.4, 0.5) is 11.5 Å². The molecular formula is C5H5ClN4. The summed E-state index contributed by atoms with van der Waals surface area (Å²) in [6.45, 7) is 0. The van der Waals surface area contributed by atoms with Crippen molar-refractivity contribution in [2.75, 3.05) is 5.73 Å². The highest BCUT2D eigenvalue weighted by atomic mass is 35.5. The van der Waals surface area contributed by atoms with E-state index in [4.69, 9.17) is 22.9 Å². The SMILES string of the molecule is N=Nc1cc(Cl)cnc1N. The fourth-order valence-electron chi connectivity index (χ4n) is 0.529. The number of nitrogens with two attached hydrogens (primary N) is 1. The molecule has 0 unspecified atom stereocenters.